The van der Waals surface area contributed by atoms with E-state index in [4.69, 9.17) is 4.74 Å². The first-order valence-corrected chi connectivity index (χ1v) is 11.2. The van der Waals surface area contributed by atoms with Crippen molar-refractivity contribution in [3.05, 3.63) is 29.8 Å². The van der Waals surface area contributed by atoms with E-state index in [0.29, 0.717) is 13.0 Å². The maximum Gasteiger partial charge on any atom is 0.324 e. The Morgan fingerprint density at radius 1 is 1.13 bits per heavy atom. The Hall–Kier alpha value is -2.57. The largest absolute Gasteiger partial charge is 0.493 e. The average molecular weight is 414 g/mol. The number of benzene rings is 1. The third-order valence-electron chi connectivity index (χ3n) is 6.19. The van der Waals surface area contributed by atoms with Crippen molar-refractivity contribution in [3.63, 3.8) is 0 Å². The zero-order valence-corrected chi connectivity index (χ0v) is 17.5. The maximum absolute atomic E-state index is 12.8. The molecule has 7 heteroatoms. The summed E-state index contributed by atoms with van der Waals surface area (Å²) in [6.07, 6.45) is 7.57. The van der Waals surface area contributed by atoms with Gasteiger partial charge in [0.2, 0.25) is 11.8 Å². The highest BCUT2D eigenvalue weighted by atomic mass is 16.5. The Morgan fingerprint density at radius 3 is 2.77 bits per heavy atom. The summed E-state index contributed by atoms with van der Waals surface area (Å²) in [5.74, 6) is 1.59. The summed E-state index contributed by atoms with van der Waals surface area (Å²) in [7, 11) is 0. The Labute approximate surface area is 177 Å². The second-order valence-corrected chi connectivity index (χ2v) is 8.66. The van der Waals surface area contributed by atoms with Crippen LogP contribution in [0.2, 0.25) is 0 Å². The molecule has 2 heterocycles. The average Bonchev–Trinajstić information content (AvgIpc) is 3.33. The standard InChI is InChI=1S/C23H31N3O4/c27-21-15-25(23(29)24-21)12-3-1-2-9-22(28)26-13-5-8-20(26)18-6-4-7-19(14-18)30-16-17-10-11-17/h4,6-7,14,17,20H,1-3,5,8-13,15-16H2,(H,24,27,29). The van der Waals surface area contributed by atoms with Gasteiger partial charge in [0.25, 0.3) is 0 Å². The zero-order chi connectivity index (χ0) is 20.9. The molecule has 3 aliphatic rings. The molecule has 0 aromatic heterocycles. The Bertz CT molecular complexity index is 792. The summed E-state index contributed by atoms with van der Waals surface area (Å²) in [4.78, 5) is 39.1. The van der Waals surface area contributed by atoms with Gasteiger partial charge in [0.05, 0.1) is 12.6 Å². The Morgan fingerprint density at radius 2 is 2.00 bits per heavy atom. The minimum Gasteiger partial charge on any atom is -0.493 e. The van der Waals surface area contributed by atoms with Crippen LogP contribution < -0.4 is 10.1 Å². The van der Waals surface area contributed by atoms with Gasteiger partial charge in [-0.05, 0) is 62.1 Å². The molecule has 1 saturated carbocycles. The summed E-state index contributed by atoms with van der Waals surface area (Å²) >= 11 is 0. The number of hydrogen-bond donors (Lipinski definition) is 1. The molecule has 4 rings (SSSR count). The number of hydrogen-bond acceptors (Lipinski definition) is 4. The fourth-order valence-corrected chi connectivity index (χ4v) is 4.28. The number of carbonyl (C=O) groups excluding carboxylic acids is 3. The van der Waals surface area contributed by atoms with Crippen molar-refractivity contribution in [1.82, 2.24) is 15.1 Å². The van der Waals surface area contributed by atoms with Gasteiger partial charge in [0.15, 0.2) is 0 Å². The van der Waals surface area contributed by atoms with E-state index in [2.05, 4.69) is 17.4 Å². The van der Waals surface area contributed by atoms with Crippen LogP contribution in [0.15, 0.2) is 24.3 Å². The lowest BCUT2D eigenvalue weighted by atomic mass is 10.0. The normalized spacial score (nSPS) is 21.3. The number of unbranched alkanes of at least 4 members (excludes halogenated alkanes) is 2. The maximum atomic E-state index is 12.8. The third-order valence-corrected chi connectivity index (χ3v) is 6.19. The van der Waals surface area contributed by atoms with Gasteiger partial charge in [0, 0.05) is 19.5 Å². The van der Waals surface area contributed by atoms with Gasteiger partial charge in [-0.15, -0.1) is 0 Å². The molecule has 1 N–H and O–H groups in total. The summed E-state index contributed by atoms with van der Waals surface area (Å²) in [6.45, 7) is 2.32. The van der Waals surface area contributed by atoms with Crippen molar-refractivity contribution in [1.29, 1.82) is 0 Å². The molecule has 3 fully saturated rings. The second-order valence-electron chi connectivity index (χ2n) is 8.66. The lowest BCUT2D eigenvalue weighted by molar-refractivity contribution is -0.132. The number of amides is 4. The predicted molar refractivity (Wildman–Crippen MR) is 112 cm³/mol. The highest BCUT2D eigenvalue weighted by molar-refractivity contribution is 6.01. The number of carbonyl (C=O) groups is 3. The summed E-state index contributed by atoms with van der Waals surface area (Å²) < 4.78 is 5.92. The number of ether oxygens (including phenoxy) is 1. The van der Waals surface area contributed by atoms with Crippen LogP contribution in [0.5, 0.6) is 5.75 Å². The molecule has 1 atom stereocenters. The number of likely N-dealkylation sites (tertiary alicyclic amines) is 1. The first-order valence-electron chi connectivity index (χ1n) is 11.2. The molecule has 1 unspecified atom stereocenters. The number of urea groups is 1. The molecule has 1 aromatic rings. The molecule has 2 saturated heterocycles. The molecule has 0 radical (unpaired) electrons. The molecule has 162 valence electrons. The van der Waals surface area contributed by atoms with E-state index in [1.165, 1.54) is 23.3 Å². The van der Waals surface area contributed by atoms with Crippen LogP contribution in [0.4, 0.5) is 4.79 Å². The summed E-state index contributed by atoms with van der Waals surface area (Å²) in [6, 6.07) is 8.06. The van der Waals surface area contributed by atoms with Crippen LogP contribution in [0.1, 0.15) is 63.0 Å². The van der Waals surface area contributed by atoms with Crippen LogP contribution in [0, 0.1) is 5.92 Å². The van der Waals surface area contributed by atoms with E-state index >= 15 is 0 Å². The van der Waals surface area contributed by atoms with Crippen molar-refractivity contribution in [2.24, 2.45) is 5.92 Å². The van der Waals surface area contributed by atoms with Gasteiger partial charge in [-0.25, -0.2) is 4.79 Å². The first-order chi connectivity index (χ1) is 14.6. The molecule has 7 nitrogen and oxygen atoms in total. The quantitative estimate of drug-likeness (QED) is 0.472. The third kappa shape index (κ3) is 5.32. The lowest BCUT2D eigenvalue weighted by Gasteiger charge is -2.25. The molecule has 30 heavy (non-hydrogen) atoms. The number of rotatable bonds is 10. The Kier molecular flexibility index (Phi) is 6.55. The summed E-state index contributed by atoms with van der Waals surface area (Å²) in [5, 5.41) is 2.28. The molecule has 2 aliphatic heterocycles. The molecular weight excluding hydrogens is 382 g/mol. The second kappa shape index (κ2) is 9.49. The molecule has 1 aromatic carbocycles. The van der Waals surface area contributed by atoms with Crippen LogP contribution in [-0.2, 0) is 9.59 Å². The highest BCUT2D eigenvalue weighted by Crippen LogP contribution is 2.35. The fourth-order valence-electron chi connectivity index (χ4n) is 4.28. The predicted octanol–water partition coefficient (Wildman–Crippen LogP) is 3.25. The molecule has 0 bridgehead atoms. The van der Waals surface area contributed by atoms with Crippen LogP contribution in [0.3, 0.4) is 0 Å². The fraction of sp³-hybridized carbons (Fsp3) is 0.609. The van der Waals surface area contributed by atoms with Crippen molar-refractivity contribution < 1.29 is 19.1 Å². The molecule has 0 spiro atoms. The SMILES string of the molecule is O=C1CN(CCCCCC(=O)N2CCCC2c2cccc(OCC3CC3)c2)C(=O)N1. The number of imide groups is 1. The van der Waals surface area contributed by atoms with E-state index in [1.54, 1.807) is 0 Å². The van der Waals surface area contributed by atoms with Crippen molar-refractivity contribution in [2.75, 3.05) is 26.2 Å². The minimum atomic E-state index is -0.306. The van der Waals surface area contributed by atoms with Gasteiger partial charge in [-0.1, -0.05) is 18.6 Å². The van der Waals surface area contributed by atoms with E-state index < -0.39 is 0 Å². The van der Waals surface area contributed by atoms with E-state index in [1.807, 2.05) is 17.0 Å². The minimum absolute atomic E-state index is 0.140. The molecule has 4 amide bonds. The van der Waals surface area contributed by atoms with E-state index in [-0.39, 0.29) is 30.4 Å². The topological polar surface area (TPSA) is 79.0 Å². The van der Waals surface area contributed by atoms with Gasteiger partial charge >= 0.3 is 6.03 Å². The van der Waals surface area contributed by atoms with Crippen molar-refractivity contribution >= 4 is 17.8 Å². The smallest absolute Gasteiger partial charge is 0.324 e. The van der Waals surface area contributed by atoms with Gasteiger partial charge in [0.1, 0.15) is 12.3 Å². The van der Waals surface area contributed by atoms with E-state index in [0.717, 1.165) is 56.9 Å². The van der Waals surface area contributed by atoms with Crippen LogP contribution >= 0.6 is 0 Å². The lowest BCUT2D eigenvalue weighted by Crippen LogP contribution is -2.30. The first kappa shape index (κ1) is 20.7. The Balaban J connectivity index is 1.22. The summed E-state index contributed by atoms with van der Waals surface area (Å²) in [5.41, 5.74) is 1.17. The van der Waals surface area contributed by atoms with Crippen molar-refractivity contribution in [3.8, 4) is 5.75 Å². The number of nitrogens with zero attached hydrogens (tertiary/aromatic N) is 2. The highest BCUT2D eigenvalue weighted by Gasteiger charge is 2.30. The monoisotopic (exact) mass is 413 g/mol. The van der Waals surface area contributed by atoms with Gasteiger partial charge in [-0.3, -0.25) is 14.9 Å². The van der Waals surface area contributed by atoms with Crippen LogP contribution in [-0.4, -0.2) is 53.9 Å². The van der Waals surface area contributed by atoms with Gasteiger partial charge in [-0.2, -0.15) is 0 Å². The van der Waals surface area contributed by atoms with Crippen molar-refractivity contribution in [2.45, 2.75) is 57.4 Å². The number of nitrogens with one attached hydrogen (secondary N) is 1. The van der Waals surface area contributed by atoms with E-state index in [9.17, 15) is 14.4 Å². The molecule has 1 aliphatic carbocycles. The molecular formula is C23H31N3O4. The van der Waals surface area contributed by atoms with Crippen LogP contribution in [0.25, 0.3) is 0 Å². The van der Waals surface area contributed by atoms with Gasteiger partial charge < -0.3 is 14.5 Å². The zero-order valence-electron chi connectivity index (χ0n) is 17.5.